The van der Waals surface area contributed by atoms with Crippen LogP contribution in [0.2, 0.25) is 0 Å². The van der Waals surface area contributed by atoms with Gasteiger partial charge in [0.05, 0.1) is 11.6 Å². The molecule has 5 heteroatoms. The van der Waals surface area contributed by atoms with Gasteiger partial charge in [-0.2, -0.15) is 0 Å². The molecular formula is C21H19N5. The lowest BCUT2D eigenvalue weighted by atomic mass is 9.96. The van der Waals surface area contributed by atoms with E-state index in [1.165, 1.54) is 5.56 Å². The SMILES string of the molecule is CC(Nc1ncnc2ccc(N)cc12)c1ccccc1-c1cccnc1. The van der Waals surface area contributed by atoms with E-state index in [2.05, 4.69) is 45.4 Å². The fourth-order valence-corrected chi connectivity index (χ4v) is 3.13. The summed E-state index contributed by atoms with van der Waals surface area (Å²) in [6.45, 7) is 2.12. The van der Waals surface area contributed by atoms with E-state index in [4.69, 9.17) is 5.73 Å². The van der Waals surface area contributed by atoms with Gasteiger partial charge < -0.3 is 11.1 Å². The molecule has 4 aromatic rings. The Morgan fingerprint density at radius 2 is 1.88 bits per heavy atom. The molecule has 0 spiro atoms. The Morgan fingerprint density at radius 3 is 2.73 bits per heavy atom. The topological polar surface area (TPSA) is 76.7 Å². The lowest BCUT2D eigenvalue weighted by Crippen LogP contribution is -2.10. The van der Waals surface area contributed by atoms with Gasteiger partial charge in [0, 0.05) is 29.0 Å². The van der Waals surface area contributed by atoms with Gasteiger partial charge in [0.2, 0.25) is 0 Å². The molecule has 0 saturated heterocycles. The molecule has 0 aliphatic carbocycles. The van der Waals surface area contributed by atoms with Crippen molar-refractivity contribution >= 4 is 22.4 Å². The van der Waals surface area contributed by atoms with E-state index in [-0.39, 0.29) is 6.04 Å². The summed E-state index contributed by atoms with van der Waals surface area (Å²) in [7, 11) is 0. The Bertz CT molecular complexity index is 1050. The van der Waals surface area contributed by atoms with Crippen LogP contribution in [0.1, 0.15) is 18.5 Å². The van der Waals surface area contributed by atoms with Crippen LogP contribution in [0.25, 0.3) is 22.0 Å². The molecule has 0 aliphatic rings. The Balaban J connectivity index is 1.72. The van der Waals surface area contributed by atoms with Gasteiger partial charge in [0.25, 0.3) is 0 Å². The second-order valence-electron chi connectivity index (χ2n) is 6.19. The molecule has 26 heavy (non-hydrogen) atoms. The van der Waals surface area contributed by atoms with Crippen molar-refractivity contribution in [2.75, 3.05) is 11.1 Å². The normalized spacial score (nSPS) is 12.0. The van der Waals surface area contributed by atoms with Crippen molar-refractivity contribution in [3.63, 3.8) is 0 Å². The van der Waals surface area contributed by atoms with E-state index in [1.807, 2.05) is 42.6 Å². The minimum atomic E-state index is 0.0472. The van der Waals surface area contributed by atoms with Crippen LogP contribution in [-0.2, 0) is 0 Å². The molecule has 2 heterocycles. The van der Waals surface area contributed by atoms with Crippen molar-refractivity contribution in [3.8, 4) is 11.1 Å². The van der Waals surface area contributed by atoms with E-state index in [9.17, 15) is 0 Å². The van der Waals surface area contributed by atoms with Crippen LogP contribution in [0, 0.1) is 0 Å². The quantitative estimate of drug-likeness (QED) is 0.536. The first-order valence-electron chi connectivity index (χ1n) is 8.48. The molecule has 0 saturated carbocycles. The number of rotatable bonds is 4. The number of nitrogens with zero attached hydrogens (tertiary/aromatic N) is 3. The first-order valence-corrected chi connectivity index (χ1v) is 8.48. The van der Waals surface area contributed by atoms with Gasteiger partial charge in [-0.25, -0.2) is 9.97 Å². The number of benzene rings is 2. The zero-order chi connectivity index (χ0) is 17.9. The number of nitrogens with one attached hydrogen (secondary N) is 1. The van der Waals surface area contributed by atoms with Crippen LogP contribution in [0.15, 0.2) is 73.3 Å². The standard InChI is InChI=1S/C21H19N5/c1-14(17-6-2-3-7-18(17)15-5-4-10-23-12-15)26-21-19-11-16(22)8-9-20(19)24-13-25-21/h2-14H,22H2,1H3,(H,24,25,26). The molecule has 5 nitrogen and oxygen atoms in total. The molecule has 0 fully saturated rings. The van der Waals surface area contributed by atoms with E-state index >= 15 is 0 Å². The molecule has 1 unspecified atom stereocenters. The Hall–Kier alpha value is -3.47. The number of hydrogen-bond acceptors (Lipinski definition) is 5. The third kappa shape index (κ3) is 3.07. The van der Waals surface area contributed by atoms with Gasteiger partial charge in [-0.05, 0) is 42.3 Å². The Kier molecular flexibility index (Phi) is 4.19. The Labute approximate surface area is 152 Å². The van der Waals surface area contributed by atoms with E-state index in [1.54, 1.807) is 12.5 Å². The van der Waals surface area contributed by atoms with Gasteiger partial charge in [-0.1, -0.05) is 30.3 Å². The summed E-state index contributed by atoms with van der Waals surface area (Å²) in [5.41, 5.74) is 10.9. The number of anilines is 2. The lowest BCUT2D eigenvalue weighted by molar-refractivity contribution is 0.878. The van der Waals surface area contributed by atoms with Crippen LogP contribution in [-0.4, -0.2) is 15.0 Å². The predicted molar refractivity (Wildman–Crippen MR) is 106 cm³/mol. The van der Waals surface area contributed by atoms with Crippen molar-refractivity contribution < 1.29 is 0 Å². The second-order valence-corrected chi connectivity index (χ2v) is 6.19. The molecule has 0 amide bonds. The third-order valence-electron chi connectivity index (χ3n) is 4.41. The predicted octanol–water partition coefficient (Wildman–Crippen LogP) is 4.45. The van der Waals surface area contributed by atoms with Crippen LogP contribution >= 0.6 is 0 Å². The zero-order valence-electron chi connectivity index (χ0n) is 14.4. The van der Waals surface area contributed by atoms with Gasteiger partial charge in [-0.3, -0.25) is 4.98 Å². The minimum Gasteiger partial charge on any atom is -0.399 e. The van der Waals surface area contributed by atoms with Crippen molar-refractivity contribution in [2.24, 2.45) is 0 Å². The van der Waals surface area contributed by atoms with Gasteiger partial charge in [-0.15, -0.1) is 0 Å². The summed E-state index contributed by atoms with van der Waals surface area (Å²) < 4.78 is 0. The number of nitrogens with two attached hydrogens (primary N) is 1. The summed E-state index contributed by atoms with van der Waals surface area (Å²) in [6.07, 6.45) is 5.23. The van der Waals surface area contributed by atoms with Crippen LogP contribution in [0.4, 0.5) is 11.5 Å². The largest absolute Gasteiger partial charge is 0.399 e. The third-order valence-corrected chi connectivity index (χ3v) is 4.41. The highest BCUT2D eigenvalue weighted by molar-refractivity contribution is 5.91. The molecule has 0 radical (unpaired) electrons. The highest BCUT2D eigenvalue weighted by atomic mass is 15.0. The maximum Gasteiger partial charge on any atom is 0.137 e. The van der Waals surface area contributed by atoms with Gasteiger partial charge in [0.15, 0.2) is 0 Å². The highest BCUT2D eigenvalue weighted by Gasteiger charge is 2.14. The molecule has 2 aromatic heterocycles. The van der Waals surface area contributed by atoms with Gasteiger partial charge in [0.1, 0.15) is 12.1 Å². The van der Waals surface area contributed by atoms with Crippen molar-refractivity contribution in [1.82, 2.24) is 15.0 Å². The van der Waals surface area contributed by atoms with Crippen LogP contribution < -0.4 is 11.1 Å². The van der Waals surface area contributed by atoms with E-state index in [0.717, 1.165) is 27.8 Å². The fourth-order valence-electron chi connectivity index (χ4n) is 3.13. The molecular weight excluding hydrogens is 322 g/mol. The summed E-state index contributed by atoms with van der Waals surface area (Å²) in [4.78, 5) is 13.0. The average molecular weight is 341 g/mol. The molecule has 0 aliphatic heterocycles. The minimum absolute atomic E-state index is 0.0472. The van der Waals surface area contributed by atoms with Crippen molar-refractivity contribution in [2.45, 2.75) is 13.0 Å². The molecule has 128 valence electrons. The summed E-state index contributed by atoms with van der Waals surface area (Å²) in [5.74, 6) is 0.774. The maximum atomic E-state index is 5.94. The monoisotopic (exact) mass is 341 g/mol. The average Bonchev–Trinajstić information content (AvgIpc) is 2.69. The lowest BCUT2D eigenvalue weighted by Gasteiger charge is -2.19. The highest BCUT2D eigenvalue weighted by Crippen LogP contribution is 2.31. The number of fused-ring (bicyclic) bond motifs is 1. The zero-order valence-corrected chi connectivity index (χ0v) is 14.4. The molecule has 3 N–H and O–H groups in total. The van der Waals surface area contributed by atoms with E-state index < -0.39 is 0 Å². The van der Waals surface area contributed by atoms with Crippen molar-refractivity contribution in [1.29, 1.82) is 0 Å². The van der Waals surface area contributed by atoms with Crippen LogP contribution in [0.5, 0.6) is 0 Å². The van der Waals surface area contributed by atoms with E-state index in [0.29, 0.717) is 5.69 Å². The second kappa shape index (κ2) is 6.80. The fraction of sp³-hybridized carbons (Fsp3) is 0.0952. The first-order chi connectivity index (χ1) is 12.7. The molecule has 0 bridgehead atoms. The molecule has 4 rings (SSSR count). The molecule has 1 atom stereocenters. The maximum absolute atomic E-state index is 5.94. The molecule has 2 aromatic carbocycles. The summed E-state index contributed by atoms with van der Waals surface area (Å²) in [6, 6.07) is 18.0. The number of aromatic nitrogens is 3. The smallest absolute Gasteiger partial charge is 0.137 e. The number of hydrogen-bond donors (Lipinski definition) is 2. The summed E-state index contributed by atoms with van der Waals surface area (Å²) in [5, 5.41) is 4.43. The van der Waals surface area contributed by atoms with Crippen LogP contribution in [0.3, 0.4) is 0 Å². The Morgan fingerprint density at radius 1 is 1.00 bits per heavy atom. The number of pyridine rings is 1. The number of nitrogen functional groups attached to an aromatic ring is 1. The van der Waals surface area contributed by atoms with Gasteiger partial charge >= 0.3 is 0 Å². The summed E-state index contributed by atoms with van der Waals surface area (Å²) >= 11 is 0. The first kappa shape index (κ1) is 16.0. The van der Waals surface area contributed by atoms with Crippen molar-refractivity contribution in [3.05, 3.63) is 78.9 Å².